The number of Topliss-reactive ketones (excluding diaryl/α,β-unsaturated/α-hetero) is 1. The number of carbonyl (C=O) groups excluding carboxylic acids is 2. The molecule has 0 saturated heterocycles. The van der Waals surface area contributed by atoms with E-state index >= 15 is 0 Å². The fraction of sp³-hybridized carbons (Fsp3) is 0.278. The summed E-state index contributed by atoms with van der Waals surface area (Å²) >= 11 is 1.34. The summed E-state index contributed by atoms with van der Waals surface area (Å²) in [6.45, 7) is 1.69. The third-order valence-corrected chi connectivity index (χ3v) is 4.61. The second kappa shape index (κ2) is 8.40. The van der Waals surface area contributed by atoms with Gasteiger partial charge >= 0.3 is 5.97 Å². The van der Waals surface area contributed by atoms with E-state index in [2.05, 4.69) is 0 Å². The SMILES string of the molecule is CC(C(=O)O)N(Cc1ccccc1)C(=O)CCC(=O)c1cccs1. The van der Waals surface area contributed by atoms with E-state index in [4.69, 9.17) is 0 Å². The zero-order chi connectivity index (χ0) is 17.5. The normalized spacial score (nSPS) is 11.7. The monoisotopic (exact) mass is 345 g/mol. The zero-order valence-electron chi connectivity index (χ0n) is 13.3. The average Bonchev–Trinajstić information content (AvgIpc) is 3.12. The van der Waals surface area contributed by atoms with Gasteiger partial charge in [0.05, 0.1) is 4.88 Å². The molecule has 0 bridgehead atoms. The average molecular weight is 345 g/mol. The number of ketones is 1. The van der Waals surface area contributed by atoms with Gasteiger partial charge in [0.25, 0.3) is 0 Å². The predicted molar refractivity (Wildman–Crippen MR) is 92.0 cm³/mol. The lowest BCUT2D eigenvalue weighted by Gasteiger charge is -2.26. The van der Waals surface area contributed by atoms with Gasteiger partial charge in [0.1, 0.15) is 6.04 Å². The third-order valence-electron chi connectivity index (χ3n) is 3.70. The van der Waals surface area contributed by atoms with Crippen LogP contribution in [0.5, 0.6) is 0 Å². The van der Waals surface area contributed by atoms with Crippen LogP contribution >= 0.6 is 11.3 Å². The van der Waals surface area contributed by atoms with E-state index in [0.717, 1.165) is 5.56 Å². The molecule has 6 heteroatoms. The molecule has 24 heavy (non-hydrogen) atoms. The first-order chi connectivity index (χ1) is 11.5. The Bertz CT molecular complexity index is 697. The number of benzene rings is 1. The number of carboxylic acids is 1. The summed E-state index contributed by atoms with van der Waals surface area (Å²) in [4.78, 5) is 37.7. The van der Waals surface area contributed by atoms with Crippen LogP contribution in [-0.2, 0) is 16.1 Å². The van der Waals surface area contributed by atoms with Gasteiger partial charge in [0.15, 0.2) is 5.78 Å². The lowest BCUT2D eigenvalue weighted by molar-refractivity contribution is -0.150. The first-order valence-electron chi connectivity index (χ1n) is 7.62. The Kier molecular flexibility index (Phi) is 6.26. The molecule has 1 aromatic carbocycles. The van der Waals surface area contributed by atoms with E-state index in [0.29, 0.717) is 4.88 Å². The summed E-state index contributed by atoms with van der Waals surface area (Å²) in [5, 5.41) is 11.1. The third kappa shape index (κ3) is 4.76. The maximum Gasteiger partial charge on any atom is 0.326 e. The predicted octanol–water partition coefficient (Wildman–Crippen LogP) is 3.21. The summed E-state index contributed by atoms with van der Waals surface area (Å²) in [7, 11) is 0. The lowest BCUT2D eigenvalue weighted by atomic mass is 10.1. The van der Waals surface area contributed by atoms with Crippen LogP contribution in [0.15, 0.2) is 47.8 Å². The number of amides is 1. The molecule has 2 rings (SSSR count). The highest BCUT2D eigenvalue weighted by atomic mass is 32.1. The van der Waals surface area contributed by atoms with Gasteiger partial charge in [-0.25, -0.2) is 4.79 Å². The number of nitrogens with zero attached hydrogens (tertiary/aromatic N) is 1. The van der Waals surface area contributed by atoms with Crippen molar-refractivity contribution in [1.82, 2.24) is 4.90 Å². The van der Waals surface area contributed by atoms with Crippen molar-refractivity contribution in [3.05, 3.63) is 58.3 Å². The maximum absolute atomic E-state index is 12.5. The summed E-state index contributed by atoms with van der Waals surface area (Å²) in [6, 6.07) is 11.8. The maximum atomic E-state index is 12.5. The Morgan fingerprint density at radius 2 is 1.79 bits per heavy atom. The number of carboxylic acid groups (broad SMARTS) is 1. The van der Waals surface area contributed by atoms with Crippen LogP contribution in [-0.4, -0.2) is 33.7 Å². The van der Waals surface area contributed by atoms with Crippen LogP contribution in [0.25, 0.3) is 0 Å². The van der Waals surface area contributed by atoms with Crippen LogP contribution in [0.1, 0.15) is 35.0 Å². The van der Waals surface area contributed by atoms with Crippen molar-refractivity contribution in [3.63, 3.8) is 0 Å². The van der Waals surface area contributed by atoms with E-state index in [1.54, 1.807) is 12.1 Å². The van der Waals surface area contributed by atoms with Gasteiger partial charge in [0.2, 0.25) is 5.91 Å². The summed E-state index contributed by atoms with van der Waals surface area (Å²) in [5.41, 5.74) is 0.850. The van der Waals surface area contributed by atoms with Gasteiger partial charge in [-0.1, -0.05) is 36.4 Å². The van der Waals surface area contributed by atoms with Crippen molar-refractivity contribution < 1.29 is 19.5 Å². The lowest BCUT2D eigenvalue weighted by Crippen LogP contribution is -2.42. The first-order valence-corrected chi connectivity index (χ1v) is 8.50. The molecule has 0 aliphatic heterocycles. The molecule has 0 radical (unpaired) electrons. The summed E-state index contributed by atoms with van der Waals surface area (Å²) in [5.74, 6) is -1.50. The largest absolute Gasteiger partial charge is 0.480 e. The Labute approximate surface area is 144 Å². The molecule has 0 saturated carbocycles. The number of carbonyl (C=O) groups is 3. The van der Waals surface area contributed by atoms with Crippen molar-refractivity contribution >= 4 is 29.0 Å². The second-order valence-corrected chi connectivity index (χ2v) is 6.37. The van der Waals surface area contributed by atoms with E-state index in [9.17, 15) is 19.5 Å². The van der Waals surface area contributed by atoms with Crippen molar-refractivity contribution in [2.75, 3.05) is 0 Å². The summed E-state index contributed by atoms with van der Waals surface area (Å²) in [6.07, 6.45) is 0.0815. The minimum Gasteiger partial charge on any atom is -0.480 e. The molecular formula is C18H19NO4S. The molecule has 5 nitrogen and oxygen atoms in total. The molecule has 1 amide bonds. The molecule has 1 unspecified atom stereocenters. The fourth-order valence-electron chi connectivity index (χ4n) is 2.28. The Morgan fingerprint density at radius 3 is 2.38 bits per heavy atom. The van der Waals surface area contributed by atoms with Crippen LogP contribution in [0.4, 0.5) is 0 Å². The van der Waals surface area contributed by atoms with Gasteiger partial charge in [-0.05, 0) is 23.9 Å². The van der Waals surface area contributed by atoms with E-state index in [-0.39, 0.29) is 31.1 Å². The number of hydrogen-bond acceptors (Lipinski definition) is 4. The zero-order valence-corrected chi connectivity index (χ0v) is 14.2. The Hall–Kier alpha value is -2.47. The van der Waals surface area contributed by atoms with Crippen molar-refractivity contribution in [1.29, 1.82) is 0 Å². The van der Waals surface area contributed by atoms with Gasteiger partial charge in [-0.15, -0.1) is 11.3 Å². The molecular weight excluding hydrogens is 326 g/mol. The second-order valence-electron chi connectivity index (χ2n) is 5.42. The fourth-order valence-corrected chi connectivity index (χ4v) is 2.97. The van der Waals surface area contributed by atoms with Gasteiger partial charge < -0.3 is 10.0 Å². The smallest absolute Gasteiger partial charge is 0.326 e. The standard InChI is InChI=1S/C18H19NO4S/c1-13(18(22)23)19(12-14-6-3-2-4-7-14)17(21)10-9-15(20)16-8-5-11-24-16/h2-8,11,13H,9-10,12H2,1H3,(H,22,23). The molecule has 0 aliphatic carbocycles. The molecule has 2 aromatic rings. The number of thiophene rings is 1. The van der Waals surface area contributed by atoms with Gasteiger partial charge in [-0.2, -0.15) is 0 Å². The highest BCUT2D eigenvalue weighted by Gasteiger charge is 2.26. The minimum atomic E-state index is -1.07. The highest BCUT2D eigenvalue weighted by Crippen LogP contribution is 2.15. The Morgan fingerprint density at radius 1 is 1.08 bits per heavy atom. The van der Waals surface area contributed by atoms with Gasteiger partial charge in [-0.3, -0.25) is 9.59 Å². The number of aliphatic carboxylic acids is 1. The van der Waals surface area contributed by atoms with E-state index in [1.165, 1.54) is 23.2 Å². The highest BCUT2D eigenvalue weighted by molar-refractivity contribution is 7.12. The molecule has 1 heterocycles. The topological polar surface area (TPSA) is 74.7 Å². The van der Waals surface area contributed by atoms with Crippen molar-refractivity contribution in [2.45, 2.75) is 32.4 Å². The van der Waals surface area contributed by atoms with Crippen molar-refractivity contribution in [3.8, 4) is 0 Å². The summed E-state index contributed by atoms with van der Waals surface area (Å²) < 4.78 is 0. The first kappa shape index (κ1) is 17.9. The molecule has 1 atom stereocenters. The quantitative estimate of drug-likeness (QED) is 0.746. The molecule has 126 valence electrons. The molecule has 1 aromatic heterocycles. The van der Waals surface area contributed by atoms with Crippen LogP contribution in [0.2, 0.25) is 0 Å². The van der Waals surface area contributed by atoms with E-state index in [1.807, 2.05) is 35.7 Å². The Balaban J connectivity index is 2.04. The van der Waals surface area contributed by atoms with Crippen LogP contribution < -0.4 is 0 Å². The number of rotatable bonds is 8. The molecule has 0 spiro atoms. The molecule has 0 aliphatic rings. The van der Waals surface area contributed by atoms with E-state index < -0.39 is 12.0 Å². The van der Waals surface area contributed by atoms with Gasteiger partial charge in [0, 0.05) is 19.4 Å². The van der Waals surface area contributed by atoms with Crippen LogP contribution in [0, 0.1) is 0 Å². The van der Waals surface area contributed by atoms with Crippen molar-refractivity contribution in [2.24, 2.45) is 0 Å². The molecule has 1 N–H and O–H groups in total. The van der Waals surface area contributed by atoms with Crippen LogP contribution in [0.3, 0.4) is 0 Å². The minimum absolute atomic E-state index is 0.00118. The number of hydrogen-bond donors (Lipinski definition) is 1. The molecule has 0 fully saturated rings.